The molecule has 1 atom stereocenters. The summed E-state index contributed by atoms with van der Waals surface area (Å²) in [7, 11) is 1.55. The lowest BCUT2D eigenvalue weighted by Crippen LogP contribution is -2.29. The molecule has 0 saturated heterocycles. The zero-order valence-corrected chi connectivity index (χ0v) is 14.0. The summed E-state index contributed by atoms with van der Waals surface area (Å²) in [5, 5.41) is 10.6. The van der Waals surface area contributed by atoms with E-state index in [0.29, 0.717) is 33.7 Å². The highest BCUT2D eigenvalue weighted by Gasteiger charge is 2.17. The number of aromatic nitrogens is 4. The summed E-state index contributed by atoms with van der Waals surface area (Å²) in [6.45, 7) is 3.77. The lowest BCUT2D eigenvalue weighted by molar-refractivity contribution is 0.220. The highest BCUT2D eigenvalue weighted by atomic mass is 35.5. The Hall–Kier alpha value is -1.51. The van der Waals surface area contributed by atoms with Gasteiger partial charge in [0, 0.05) is 24.4 Å². The lowest BCUT2D eigenvalue weighted by Gasteiger charge is -2.07. The lowest BCUT2D eigenvalue weighted by atomic mass is 10.4. The van der Waals surface area contributed by atoms with E-state index in [4.69, 9.17) is 11.6 Å². The van der Waals surface area contributed by atoms with Crippen LogP contribution in [0.3, 0.4) is 0 Å². The Kier molecular flexibility index (Phi) is 5.15. The fourth-order valence-corrected chi connectivity index (χ4v) is 2.84. The number of halogens is 1. The molecular weight excluding hydrogens is 328 g/mol. The number of fused-ring (bicyclic) bond motifs is 1. The van der Waals surface area contributed by atoms with Crippen LogP contribution >= 0.6 is 23.4 Å². The third-order valence-electron chi connectivity index (χ3n) is 2.98. The number of aliphatic hydroxyl groups excluding tert-OH is 1. The van der Waals surface area contributed by atoms with E-state index in [1.165, 1.54) is 16.3 Å². The van der Waals surface area contributed by atoms with Gasteiger partial charge in [0.15, 0.2) is 16.3 Å². The van der Waals surface area contributed by atoms with Gasteiger partial charge in [-0.05, 0) is 13.8 Å². The van der Waals surface area contributed by atoms with E-state index in [0.717, 1.165) is 0 Å². The zero-order chi connectivity index (χ0) is 16.4. The molecule has 9 heteroatoms. The number of aliphatic hydroxyl groups is 1. The number of H-pyrrole nitrogens is 1. The molecule has 2 aromatic rings. The molecule has 0 bridgehead atoms. The van der Waals surface area contributed by atoms with Gasteiger partial charge in [0.05, 0.1) is 6.10 Å². The molecule has 2 N–H and O–H groups in total. The van der Waals surface area contributed by atoms with Crippen LogP contribution in [0.1, 0.15) is 13.8 Å². The topological polar surface area (TPSA) is 92.9 Å². The molecule has 0 aliphatic rings. The molecule has 7 nitrogen and oxygen atoms in total. The smallest absolute Gasteiger partial charge is 0.329 e. The van der Waals surface area contributed by atoms with Crippen LogP contribution in [-0.4, -0.2) is 36.1 Å². The van der Waals surface area contributed by atoms with E-state index in [9.17, 15) is 14.7 Å². The van der Waals surface area contributed by atoms with E-state index < -0.39 is 17.4 Å². The Morgan fingerprint density at radius 2 is 2.23 bits per heavy atom. The maximum absolute atomic E-state index is 12.1. The number of aryl methyl sites for hydroxylation is 1. The Balaban J connectivity index is 2.66. The van der Waals surface area contributed by atoms with Crippen molar-refractivity contribution < 1.29 is 5.11 Å². The zero-order valence-electron chi connectivity index (χ0n) is 12.5. The van der Waals surface area contributed by atoms with Gasteiger partial charge in [-0.15, -0.1) is 0 Å². The molecule has 2 heterocycles. The second-order valence-corrected chi connectivity index (χ2v) is 6.53. The molecule has 0 fully saturated rings. The molecule has 0 amide bonds. The number of aromatic amines is 1. The third-order valence-corrected chi connectivity index (χ3v) is 4.35. The van der Waals surface area contributed by atoms with Crippen LogP contribution in [0, 0.1) is 0 Å². The van der Waals surface area contributed by atoms with E-state index in [1.807, 2.05) is 0 Å². The van der Waals surface area contributed by atoms with Crippen LogP contribution in [0.15, 0.2) is 25.9 Å². The van der Waals surface area contributed by atoms with Crippen molar-refractivity contribution in [3.05, 3.63) is 31.9 Å². The summed E-state index contributed by atoms with van der Waals surface area (Å²) >= 11 is 7.18. The van der Waals surface area contributed by atoms with Gasteiger partial charge in [-0.1, -0.05) is 29.4 Å². The molecule has 2 rings (SSSR count). The van der Waals surface area contributed by atoms with Gasteiger partial charge >= 0.3 is 5.69 Å². The third kappa shape index (κ3) is 3.45. The number of allylic oxidation sites excluding steroid dienone is 2. The van der Waals surface area contributed by atoms with Gasteiger partial charge in [0.1, 0.15) is 0 Å². The Morgan fingerprint density at radius 1 is 1.55 bits per heavy atom. The molecule has 0 unspecified atom stereocenters. The second kappa shape index (κ2) is 6.72. The fraction of sp³-hybridized carbons (Fsp3) is 0.462. The summed E-state index contributed by atoms with van der Waals surface area (Å²) in [4.78, 5) is 30.4. The summed E-state index contributed by atoms with van der Waals surface area (Å²) < 4.78 is 2.98. The average molecular weight is 345 g/mol. The van der Waals surface area contributed by atoms with Crippen molar-refractivity contribution in [3.8, 4) is 0 Å². The molecule has 2 aromatic heterocycles. The largest absolute Gasteiger partial charge is 0.393 e. The minimum absolute atomic E-state index is 0.308. The molecule has 0 aliphatic carbocycles. The summed E-state index contributed by atoms with van der Waals surface area (Å²) in [6, 6.07) is 0. The number of hydrogen-bond acceptors (Lipinski definition) is 5. The molecule has 0 spiro atoms. The van der Waals surface area contributed by atoms with Crippen molar-refractivity contribution in [1.82, 2.24) is 19.1 Å². The summed E-state index contributed by atoms with van der Waals surface area (Å²) in [5.41, 5.74) is -0.389. The van der Waals surface area contributed by atoms with E-state index in [2.05, 4.69) is 9.97 Å². The molecule has 120 valence electrons. The quantitative estimate of drug-likeness (QED) is 0.790. The van der Waals surface area contributed by atoms with Gasteiger partial charge in [0.25, 0.3) is 5.56 Å². The molecule has 0 aromatic carbocycles. The molecule has 0 saturated carbocycles. The first-order valence-corrected chi connectivity index (χ1v) is 8.00. The van der Waals surface area contributed by atoms with Crippen molar-refractivity contribution in [1.29, 1.82) is 0 Å². The Morgan fingerprint density at radius 3 is 2.82 bits per heavy atom. The molecule has 22 heavy (non-hydrogen) atoms. The highest BCUT2D eigenvalue weighted by molar-refractivity contribution is 7.99. The van der Waals surface area contributed by atoms with Gasteiger partial charge < -0.3 is 9.67 Å². The van der Waals surface area contributed by atoms with Gasteiger partial charge in [0.2, 0.25) is 0 Å². The van der Waals surface area contributed by atoms with Gasteiger partial charge in [-0.3, -0.25) is 14.3 Å². The number of hydrogen-bond donors (Lipinski definition) is 2. The number of nitrogens with zero attached hydrogens (tertiary/aromatic N) is 3. The van der Waals surface area contributed by atoms with Crippen LogP contribution in [0.4, 0.5) is 0 Å². The molecule has 0 radical (unpaired) electrons. The molecular formula is C13H17ClN4O3S. The minimum Gasteiger partial charge on any atom is -0.393 e. The number of imidazole rings is 1. The van der Waals surface area contributed by atoms with Crippen LogP contribution in [-0.2, 0) is 13.6 Å². The number of nitrogens with one attached hydrogen (secondary N) is 1. The van der Waals surface area contributed by atoms with Crippen LogP contribution < -0.4 is 11.2 Å². The monoisotopic (exact) mass is 344 g/mol. The van der Waals surface area contributed by atoms with Gasteiger partial charge in [-0.25, -0.2) is 9.78 Å². The van der Waals surface area contributed by atoms with Crippen molar-refractivity contribution in [3.63, 3.8) is 0 Å². The summed E-state index contributed by atoms with van der Waals surface area (Å²) in [5.74, 6) is 0.429. The van der Waals surface area contributed by atoms with Crippen molar-refractivity contribution in [2.75, 3.05) is 5.75 Å². The van der Waals surface area contributed by atoms with Crippen LogP contribution in [0.5, 0.6) is 0 Å². The first kappa shape index (κ1) is 16.9. The fourth-order valence-electron chi connectivity index (χ4n) is 1.91. The van der Waals surface area contributed by atoms with Crippen LogP contribution in [0.2, 0.25) is 0 Å². The normalized spacial score (nSPS) is 13.8. The Labute approximate surface area is 135 Å². The number of rotatable bonds is 5. The predicted octanol–water partition coefficient (Wildman–Crippen LogP) is 1.04. The second-order valence-electron chi connectivity index (χ2n) is 4.95. The number of thioether (sulfide) groups is 1. The van der Waals surface area contributed by atoms with Crippen molar-refractivity contribution in [2.45, 2.75) is 31.7 Å². The SMILES string of the molecule is C/C(Cl)=C/Cn1c(SC[C@H](C)O)nc2c1c(=O)[nH]c(=O)n2C. The first-order valence-electron chi connectivity index (χ1n) is 6.64. The summed E-state index contributed by atoms with van der Waals surface area (Å²) in [6.07, 6.45) is 1.24. The highest BCUT2D eigenvalue weighted by Crippen LogP contribution is 2.22. The predicted molar refractivity (Wildman–Crippen MR) is 87.6 cm³/mol. The van der Waals surface area contributed by atoms with Crippen LogP contribution in [0.25, 0.3) is 11.2 Å². The van der Waals surface area contributed by atoms with Crippen molar-refractivity contribution >= 4 is 34.5 Å². The minimum atomic E-state index is -0.515. The van der Waals surface area contributed by atoms with E-state index in [1.54, 1.807) is 31.5 Å². The standard InChI is InChI=1S/C13H17ClN4O3S/c1-7(14)4-5-18-9-10(15-13(18)22-6-8(2)19)17(3)12(21)16-11(9)20/h4,8,19H,5-6H2,1-3H3,(H,16,20,21)/b7-4-/t8-/m0/s1. The van der Waals surface area contributed by atoms with E-state index >= 15 is 0 Å². The molecule has 0 aliphatic heterocycles. The maximum Gasteiger partial charge on any atom is 0.329 e. The van der Waals surface area contributed by atoms with Gasteiger partial charge in [-0.2, -0.15) is 0 Å². The first-order chi connectivity index (χ1) is 10.3. The maximum atomic E-state index is 12.1. The van der Waals surface area contributed by atoms with Crippen molar-refractivity contribution in [2.24, 2.45) is 7.05 Å². The van der Waals surface area contributed by atoms with E-state index in [-0.39, 0.29) is 0 Å². The average Bonchev–Trinajstić information content (AvgIpc) is 2.79. The Bertz CT molecular complexity index is 830.